The molecule has 0 aliphatic heterocycles. The third-order valence-corrected chi connectivity index (χ3v) is 4.94. The Kier molecular flexibility index (Phi) is 3.81. The smallest absolute Gasteiger partial charge is 0.273 e. The van der Waals surface area contributed by atoms with Gasteiger partial charge in [-0.15, -0.1) is 10.2 Å². The van der Waals surface area contributed by atoms with Crippen LogP contribution in [0.25, 0.3) is 10.9 Å². The summed E-state index contributed by atoms with van der Waals surface area (Å²) in [4.78, 5) is 16.2. The minimum Gasteiger partial charge on any atom is -0.364 e. The van der Waals surface area contributed by atoms with E-state index >= 15 is 0 Å². The van der Waals surface area contributed by atoms with Crippen molar-refractivity contribution in [2.45, 2.75) is 51.1 Å². The number of nitrogens with one attached hydrogen (secondary N) is 2. The number of fused-ring (bicyclic) bond motifs is 1. The molecule has 0 saturated heterocycles. The fourth-order valence-electron chi connectivity index (χ4n) is 3.44. The molecule has 152 valence electrons. The molecule has 1 fully saturated rings. The summed E-state index contributed by atoms with van der Waals surface area (Å²) in [6.45, 7) is -5.58. The van der Waals surface area contributed by atoms with Crippen LogP contribution in [-0.4, -0.2) is 43.0 Å². The van der Waals surface area contributed by atoms with Crippen molar-refractivity contribution < 1.29 is 11.6 Å². The van der Waals surface area contributed by atoms with E-state index in [9.17, 15) is 4.79 Å². The van der Waals surface area contributed by atoms with Gasteiger partial charge in [-0.2, -0.15) is 10.1 Å². The topological polar surface area (TPSA) is 150 Å². The molecule has 10 nitrogen and oxygen atoms in total. The van der Waals surface area contributed by atoms with Crippen molar-refractivity contribution in [2.24, 2.45) is 11.5 Å². The molecule has 2 atom stereocenters. The molecule has 2 heterocycles. The maximum Gasteiger partial charge on any atom is 0.273 e. The third kappa shape index (κ3) is 4.11. The van der Waals surface area contributed by atoms with Crippen LogP contribution in [0.2, 0.25) is 0 Å². The molecule has 0 unspecified atom stereocenters. The summed E-state index contributed by atoms with van der Waals surface area (Å²) >= 11 is 0. The summed E-state index contributed by atoms with van der Waals surface area (Å²) in [7, 11) is 0. The number of aryl methyl sites for hydroxylation is 1. The second-order valence-electron chi connectivity index (χ2n) is 6.98. The van der Waals surface area contributed by atoms with Crippen molar-refractivity contribution in [1.29, 1.82) is 0 Å². The Bertz CT molecular complexity index is 1210. The van der Waals surface area contributed by atoms with Crippen LogP contribution in [0.4, 0.5) is 17.5 Å². The number of carbonyl (C=O) groups is 1. The predicted molar refractivity (Wildman–Crippen MR) is 111 cm³/mol. The number of anilines is 3. The van der Waals surface area contributed by atoms with Crippen molar-refractivity contribution in [3.63, 3.8) is 0 Å². The minimum atomic E-state index is -2.90. The molecular weight excluding hydrogens is 370 g/mol. The molecule has 6 N–H and O–H groups in total. The van der Waals surface area contributed by atoms with E-state index in [-0.39, 0.29) is 29.5 Å². The zero-order valence-corrected chi connectivity index (χ0v) is 15.6. The lowest BCUT2D eigenvalue weighted by molar-refractivity contribution is 0.0995. The van der Waals surface area contributed by atoms with Gasteiger partial charge in [0.2, 0.25) is 5.95 Å². The number of nitrogens with zero attached hydrogens (tertiary/aromatic N) is 5. The zero-order chi connectivity index (χ0) is 24.7. The minimum absolute atomic E-state index is 0.0155. The van der Waals surface area contributed by atoms with Crippen LogP contribution >= 0.6 is 0 Å². The number of hydrogen-bond acceptors (Lipinski definition) is 8. The predicted octanol–water partition coefficient (Wildman–Crippen LogP) is 1.77. The Balaban J connectivity index is 1.62. The quantitative estimate of drug-likeness (QED) is 0.489. The Hall–Kier alpha value is -3.27. The second-order valence-corrected chi connectivity index (χ2v) is 6.98. The van der Waals surface area contributed by atoms with Crippen LogP contribution in [0.5, 0.6) is 0 Å². The zero-order valence-electron chi connectivity index (χ0n) is 20.6. The summed E-state index contributed by atoms with van der Waals surface area (Å²) in [5.74, 6) is -0.531. The van der Waals surface area contributed by atoms with Gasteiger partial charge >= 0.3 is 0 Å². The SMILES string of the molecule is [2H]C([2H])([2H])C([2H])([2H])n1cc2cc(Nc3nc(N[C@@H]4CCCC[C@@H]4N)nnc3C(N)=O)ccc2n1. The van der Waals surface area contributed by atoms with E-state index in [2.05, 4.69) is 30.9 Å². The van der Waals surface area contributed by atoms with Gasteiger partial charge in [-0.05, 0) is 37.9 Å². The van der Waals surface area contributed by atoms with Gasteiger partial charge in [0, 0.05) is 40.0 Å². The highest BCUT2D eigenvalue weighted by Gasteiger charge is 2.23. The molecule has 1 aliphatic rings. The highest BCUT2D eigenvalue weighted by Crippen LogP contribution is 2.24. The number of primary amides is 1. The first-order valence-corrected chi connectivity index (χ1v) is 9.29. The fourth-order valence-corrected chi connectivity index (χ4v) is 3.44. The van der Waals surface area contributed by atoms with Crippen LogP contribution < -0.4 is 22.1 Å². The van der Waals surface area contributed by atoms with E-state index in [0.29, 0.717) is 16.6 Å². The standard InChI is InChI=1S/C19H25N9O/c1-2-28-10-11-9-12(7-8-14(11)27-28)22-18-16(17(21)29)25-26-19(24-18)23-15-6-4-3-5-13(15)20/h7-10,13,15H,2-6,20H2,1H3,(H2,21,29)(H2,22,23,24,26)/t13-,15+/m0/s1/i1D3,2D2. The number of nitrogens with two attached hydrogens (primary N) is 2. The van der Waals surface area contributed by atoms with Gasteiger partial charge in [-0.1, -0.05) is 12.8 Å². The van der Waals surface area contributed by atoms with Gasteiger partial charge in [-0.25, -0.2) is 0 Å². The Morgan fingerprint density at radius 3 is 3.03 bits per heavy atom. The number of carbonyl (C=O) groups excluding carboxylic acids is 1. The van der Waals surface area contributed by atoms with Gasteiger partial charge in [-0.3, -0.25) is 9.48 Å². The second kappa shape index (κ2) is 8.00. The average Bonchev–Trinajstić information content (AvgIpc) is 3.19. The maximum absolute atomic E-state index is 11.9. The molecule has 1 saturated carbocycles. The molecule has 0 spiro atoms. The van der Waals surface area contributed by atoms with Gasteiger partial charge < -0.3 is 22.1 Å². The Labute approximate surface area is 175 Å². The van der Waals surface area contributed by atoms with Crippen LogP contribution in [0, 0.1) is 0 Å². The van der Waals surface area contributed by atoms with Crippen LogP contribution in [0.15, 0.2) is 24.4 Å². The molecule has 0 bridgehead atoms. The highest BCUT2D eigenvalue weighted by molar-refractivity contribution is 5.96. The lowest BCUT2D eigenvalue weighted by Crippen LogP contribution is -2.43. The average molecular weight is 401 g/mol. The fraction of sp³-hybridized carbons (Fsp3) is 0.421. The summed E-state index contributed by atoms with van der Waals surface area (Å²) in [6, 6.07) is 4.77. The molecule has 1 aromatic carbocycles. The van der Waals surface area contributed by atoms with Gasteiger partial charge in [0.05, 0.1) is 8.26 Å². The molecule has 1 aliphatic carbocycles. The van der Waals surface area contributed by atoms with Crippen LogP contribution in [-0.2, 0) is 6.50 Å². The number of rotatable bonds is 6. The van der Waals surface area contributed by atoms with Crippen LogP contribution in [0.1, 0.15) is 49.9 Å². The first-order valence-electron chi connectivity index (χ1n) is 11.8. The Morgan fingerprint density at radius 1 is 1.38 bits per heavy atom. The first-order chi connectivity index (χ1) is 16.0. The number of aromatic nitrogens is 5. The number of hydrogen-bond donors (Lipinski definition) is 4. The normalized spacial score (nSPS) is 22.7. The van der Waals surface area contributed by atoms with Crippen molar-refractivity contribution in [3.05, 3.63) is 30.1 Å². The van der Waals surface area contributed by atoms with E-state index in [1.165, 1.54) is 6.20 Å². The van der Waals surface area contributed by atoms with Gasteiger partial charge in [0.25, 0.3) is 5.91 Å². The largest absolute Gasteiger partial charge is 0.364 e. The molecule has 1 amide bonds. The van der Waals surface area contributed by atoms with E-state index in [0.717, 1.165) is 30.4 Å². The van der Waals surface area contributed by atoms with Crippen LogP contribution in [0.3, 0.4) is 0 Å². The van der Waals surface area contributed by atoms with E-state index in [1.54, 1.807) is 18.2 Å². The van der Waals surface area contributed by atoms with Gasteiger partial charge in [0.15, 0.2) is 11.5 Å². The number of amides is 1. The Morgan fingerprint density at radius 2 is 2.24 bits per heavy atom. The molecule has 3 aromatic rings. The molecule has 29 heavy (non-hydrogen) atoms. The third-order valence-electron chi connectivity index (χ3n) is 4.94. The molecule has 4 rings (SSSR count). The molecule has 10 heteroatoms. The van der Waals surface area contributed by atoms with Crippen molar-refractivity contribution >= 4 is 34.3 Å². The van der Waals surface area contributed by atoms with Crippen molar-refractivity contribution in [1.82, 2.24) is 25.0 Å². The lowest BCUT2D eigenvalue weighted by Gasteiger charge is -2.29. The molecule has 2 aromatic heterocycles. The number of benzene rings is 1. The highest BCUT2D eigenvalue weighted by atomic mass is 16.1. The van der Waals surface area contributed by atoms with E-state index < -0.39 is 19.3 Å². The molecular formula is C19H25N9O. The van der Waals surface area contributed by atoms with Gasteiger partial charge in [0.1, 0.15) is 0 Å². The summed E-state index contributed by atoms with van der Waals surface area (Å²) in [5.41, 5.74) is 12.3. The van der Waals surface area contributed by atoms with Crippen molar-refractivity contribution in [3.8, 4) is 0 Å². The lowest BCUT2D eigenvalue weighted by atomic mass is 9.91. The van der Waals surface area contributed by atoms with E-state index in [1.807, 2.05) is 0 Å². The summed E-state index contributed by atoms with van der Waals surface area (Å²) in [6.07, 6.45) is 5.17. The summed E-state index contributed by atoms with van der Waals surface area (Å²) in [5, 5.41) is 18.6. The van der Waals surface area contributed by atoms with E-state index in [4.69, 9.17) is 18.3 Å². The summed E-state index contributed by atoms with van der Waals surface area (Å²) < 4.78 is 38.9. The maximum atomic E-state index is 11.9. The monoisotopic (exact) mass is 400 g/mol. The first kappa shape index (κ1) is 13.8. The molecule has 0 radical (unpaired) electrons. The van der Waals surface area contributed by atoms with Crippen molar-refractivity contribution in [2.75, 3.05) is 10.6 Å².